The van der Waals surface area contributed by atoms with Crippen LogP contribution in [0.2, 0.25) is 0 Å². The maximum atomic E-state index is 13.5. The number of benzene rings is 2. The number of rotatable bonds is 3. The molecular formula is C20H20FNO3S. The first-order chi connectivity index (χ1) is 12.4. The number of nitrogens with one attached hydrogen (secondary N) is 1. The van der Waals surface area contributed by atoms with Gasteiger partial charge in [0.15, 0.2) is 0 Å². The number of sulfone groups is 1. The molecule has 26 heavy (non-hydrogen) atoms. The average molecular weight is 373 g/mol. The minimum atomic E-state index is -3.78. The molecule has 1 N–H and O–H groups in total. The summed E-state index contributed by atoms with van der Waals surface area (Å²) >= 11 is 0. The largest absolute Gasteiger partial charge is 0.459 e. The monoisotopic (exact) mass is 373 g/mol. The van der Waals surface area contributed by atoms with Crippen LogP contribution in [0.3, 0.4) is 0 Å². The van der Waals surface area contributed by atoms with E-state index in [4.69, 9.17) is 4.42 Å². The summed E-state index contributed by atoms with van der Waals surface area (Å²) in [6.45, 7) is 5.07. The Labute approximate surface area is 151 Å². The summed E-state index contributed by atoms with van der Waals surface area (Å²) < 4.78 is 45.3. The SMILES string of the molecule is CC(C)C1NCCc2c1oc1ccc(S(=O)(=O)c3cccc(F)c3)cc21. The van der Waals surface area contributed by atoms with Crippen molar-refractivity contribution >= 4 is 20.8 Å². The van der Waals surface area contributed by atoms with Crippen LogP contribution < -0.4 is 5.32 Å². The summed E-state index contributed by atoms with van der Waals surface area (Å²) in [7, 11) is -3.78. The molecule has 3 aromatic rings. The lowest BCUT2D eigenvalue weighted by molar-refractivity contribution is 0.333. The molecule has 6 heteroatoms. The quantitative estimate of drug-likeness (QED) is 0.746. The van der Waals surface area contributed by atoms with Crippen molar-refractivity contribution in [1.29, 1.82) is 0 Å². The van der Waals surface area contributed by atoms with Gasteiger partial charge < -0.3 is 9.73 Å². The summed E-state index contributed by atoms with van der Waals surface area (Å²) in [5, 5.41) is 4.28. The summed E-state index contributed by atoms with van der Waals surface area (Å²) in [4.78, 5) is 0.106. The van der Waals surface area contributed by atoms with Crippen molar-refractivity contribution in [3.63, 3.8) is 0 Å². The molecule has 1 aliphatic heterocycles. The number of halogens is 1. The summed E-state index contributed by atoms with van der Waals surface area (Å²) in [6, 6.07) is 10.1. The Bertz CT molecular complexity index is 1090. The van der Waals surface area contributed by atoms with Gasteiger partial charge in [0.25, 0.3) is 0 Å². The standard InChI is InChI=1S/C20H20FNO3S/c1-12(2)19-20-16(8-9-22-19)17-11-15(6-7-18(17)25-20)26(23,24)14-5-3-4-13(21)10-14/h3-7,10-12,19,22H,8-9H2,1-2H3. The van der Waals surface area contributed by atoms with Crippen molar-refractivity contribution in [3.05, 3.63) is 59.6 Å². The Kier molecular flexibility index (Phi) is 4.12. The summed E-state index contributed by atoms with van der Waals surface area (Å²) in [5.74, 6) is 0.686. The van der Waals surface area contributed by atoms with Gasteiger partial charge in [-0.25, -0.2) is 12.8 Å². The van der Waals surface area contributed by atoms with E-state index in [0.29, 0.717) is 11.5 Å². The lowest BCUT2D eigenvalue weighted by Crippen LogP contribution is -2.32. The van der Waals surface area contributed by atoms with E-state index in [9.17, 15) is 12.8 Å². The first-order valence-corrected chi connectivity index (χ1v) is 10.2. The third-order valence-electron chi connectivity index (χ3n) is 4.90. The zero-order valence-corrected chi connectivity index (χ0v) is 15.4. The fourth-order valence-corrected chi connectivity index (χ4v) is 4.89. The van der Waals surface area contributed by atoms with Crippen LogP contribution in [0.5, 0.6) is 0 Å². The van der Waals surface area contributed by atoms with Crippen molar-refractivity contribution in [2.75, 3.05) is 6.54 Å². The Balaban J connectivity index is 1.86. The molecule has 0 amide bonds. The van der Waals surface area contributed by atoms with E-state index in [2.05, 4.69) is 19.2 Å². The highest BCUT2D eigenvalue weighted by molar-refractivity contribution is 7.91. The van der Waals surface area contributed by atoms with E-state index in [1.54, 1.807) is 12.1 Å². The van der Waals surface area contributed by atoms with E-state index in [1.807, 2.05) is 0 Å². The minimum Gasteiger partial charge on any atom is -0.459 e. The maximum absolute atomic E-state index is 13.5. The zero-order chi connectivity index (χ0) is 18.5. The fraction of sp³-hybridized carbons (Fsp3) is 0.300. The molecule has 2 heterocycles. The number of hydrogen-bond acceptors (Lipinski definition) is 4. The number of furan rings is 1. The molecule has 0 saturated carbocycles. The predicted octanol–water partition coefficient (Wildman–Crippen LogP) is 4.25. The number of fused-ring (bicyclic) bond motifs is 3. The molecule has 1 aliphatic rings. The van der Waals surface area contributed by atoms with Crippen LogP contribution in [-0.2, 0) is 16.3 Å². The van der Waals surface area contributed by atoms with Gasteiger partial charge in [-0.2, -0.15) is 0 Å². The second-order valence-electron chi connectivity index (χ2n) is 6.99. The van der Waals surface area contributed by atoms with Gasteiger partial charge in [-0.1, -0.05) is 19.9 Å². The lowest BCUT2D eigenvalue weighted by Gasteiger charge is -2.25. The van der Waals surface area contributed by atoms with Gasteiger partial charge >= 0.3 is 0 Å². The van der Waals surface area contributed by atoms with Crippen LogP contribution in [-0.4, -0.2) is 15.0 Å². The topological polar surface area (TPSA) is 59.3 Å². The van der Waals surface area contributed by atoms with Crippen LogP contribution in [0, 0.1) is 11.7 Å². The molecule has 0 bridgehead atoms. The molecule has 0 saturated heterocycles. The molecule has 0 aliphatic carbocycles. The molecule has 1 atom stereocenters. The van der Waals surface area contributed by atoms with Crippen LogP contribution in [0.1, 0.15) is 31.2 Å². The van der Waals surface area contributed by atoms with Gasteiger partial charge in [0, 0.05) is 17.5 Å². The normalized spacial score (nSPS) is 17.6. The second kappa shape index (κ2) is 6.21. The van der Waals surface area contributed by atoms with Crippen LogP contribution in [0.15, 0.2) is 56.7 Å². The maximum Gasteiger partial charge on any atom is 0.206 e. The first-order valence-electron chi connectivity index (χ1n) is 8.67. The van der Waals surface area contributed by atoms with Gasteiger partial charge in [-0.15, -0.1) is 0 Å². The van der Waals surface area contributed by atoms with Gasteiger partial charge in [-0.05, 0) is 48.7 Å². The third-order valence-corrected chi connectivity index (χ3v) is 6.65. The molecule has 4 nitrogen and oxygen atoms in total. The van der Waals surface area contributed by atoms with Crippen molar-refractivity contribution in [2.24, 2.45) is 5.92 Å². The molecule has 4 rings (SSSR count). The van der Waals surface area contributed by atoms with Crippen molar-refractivity contribution in [3.8, 4) is 0 Å². The highest BCUT2D eigenvalue weighted by Crippen LogP contribution is 2.37. The van der Waals surface area contributed by atoms with Crippen LogP contribution in [0.4, 0.5) is 4.39 Å². The van der Waals surface area contributed by atoms with Gasteiger partial charge in [0.1, 0.15) is 17.2 Å². The van der Waals surface area contributed by atoms with E-state index < -0.39 is 15.7 Å². The van der Waals surface area contributed by atoms with Crippen molar-refractivity contribution < 1.29 is 17.2 Å². The van der Waals surface area contributed by atoms with Crippen molar-refractivity contribution in [1.82, 2.24) is 5.32 Å². The molecule has 2 aromatic carbocycles. The van der Waals surface area contributed by atoms with Gasteiger partial charge in [0.2, 0.25) is 9.84 Å². The van der Waals surface area contributed by atoms with E-state index in [0.717, 1.165) is 35.7 Å². The predicted molar refractivity (Wildman–Crippen MR) is 97.4 cm³/mol. The van der Waals surface area contributed by atoms with Gasteiger partial charge in [0.05, 0.1) is 15.8 Å². The Morgan fingerprint density at radius 3 is 2.65 bits per heavy atom. The van der Waals surface area contributed by atoms with E-state index >= 15 is 0 Å². The average Bonchev–Trinajstić information content (AvgIpc) is 2.99. The summed E-state index contributed by atoms with van der Waals surface area (Å²) in [6.07, 6.45) is 0.787. The van der Waals surface area contributed by atoms with Gasteiger partial charge in [-0.3, -0.25) is 0 Å². The highest BCUT2D eigenvalue weighted by atomic mass is 32.2. The molecule has 0 radical (unpaired) electrons. The molecule has 1 aromatic heterocycles. The second-order valence-corrected chi connectivity index (χ2v) is 8.94. The van der Waals surface area contributed by atoms with E-state index in [-0.39, 0.29) is 15.8 Å². The first kappa shape index (κ1) is 17.2. The fourth-order valence-electron chi connectivity index (χ4n) is 3.58. The number of hydrogen-bond donors (Lipinski definition) is 1. The van der Waals surface area contributed by atoms with E-state index in [1.165, 1.54) is 24.3 Å². The van der Waals surface area contributed by atoms with Crippen LogP contribution >= 0.6 is 0 Å². The Hall–Kier alpha value is -2.18. The minimum absolute atomic E-state index is 0.0454. The third kappa shape index (κ3) is 2.73. The molecule has 136 valence electrons. The lowest BCUT2D eigenvalue weighted by atomic mass is 9.93. The molecule has 1 unspecified atom stereocenters. The summed E-state index contributed by atoms with van der Waals surface area (Å²) in [5.41, 5.74) is 1.75. The Morgan fingerprint density at radius 2 is 1.92 bits per heavy atom. The molecular weight excluding hydrogens is 353 g/mol. The van der Waals surface area contributed by atoms with Crippen molar-refractivity contribution in [2.45, 2.75) is 36.1 Å². The smallest absolute Gasteiger partial charge is 0.206 e. The Morgan fingerprint density at radius 1 is 1.15 bits per heavy atom. The molecule has 0 fully saturated rings. The zero-order valence-electron chi connectivity index (χ0n) is 14.6. The highest BCUT2D eigenvalue weighted by Gasteiger charge is 2.29. The molecule has 0 spiro atoms. The van der Waals surface area contributed by atoms with Crippen LogP contribution in [0.25, 0.3) is 11.0 Å².